The Labute approximate surface area is 300 Å². The first kappa shape index (κ1) is 37.0. The van der Waals surface area contributed by atoms with E-state index in [2.05, 4.69) is 67.5 Å². The number of esters is 1. The van der Waals surface area contributed by atoms with Crippen LogP contribution in [0, 0.1) is 63.1 Å². The number of benzene rings is 1. The minimum atomic E-state index is -1.16. The number of Topliss-reactive ketones (excluding diaryl/α,β-unsaturated/α-hetero) is 2. The lowest BCUT2D eigenvalue weighted by Gasteiger charge is -2.72. The zero-order chi connectivity index (χ0) is 36.8. The fraction of sp³-hybridized carbons (Fsp3) is 0.727. The number of carbonyl (C=O) groups excluding carboxylic acids is 3. The number of aliphatic carboxylic acids is 1. The van der Waals surface area contributed by atoms with Gasteiger partial charge in [-0.1, -0.05) is 72.7 Å². The molecule has 1 N–H and O–H groups in total. The second-order valence-electron chi connectivity index (χ2n) is 19.5. The molecule has 5 aliphatic rings. The molecule has 0 aromatic heterocycles. The van der Waals surface area contributed by atoms with Gasteiger partial charge >= 0.3 is 11.9 Å². The number of aryl methyl sites for hydroxylation is 1. The fourth-order valence-electron chi connectivity index (χ4n) is 12.9. The number of hydrogen-bond acceptors (Lipinski definition) is 5. The lowest BCUT2D eigenvalue weighted by Crippen LogP contribution is -2.66. The summed E-state index contributed by atoms with van der Waals surface area (Å²) < 4.78 is 6.16. The van der Waals surface area contributed by atoms with Gasteiger partial charge in [0.1, 0.15) is 11.9 Å². The van der Waals surface area contributed by atoms with Gasteiger partial charge in [-0.3, -0.25) is 19.2 Å². The topological polar surface area (TPSA) is 97.7 Å². The standard InChI is InChI=1S/C44H62O6/c1-26(2)36-30(45)24-44(33(46)23-28-14-12-11-13-27(28)3)22-21-42(9)29(37(36)44)15-16-32-41(8)19-18-34(50-35(47)25-39(4,5)38(48)49)40(6,7)31(41)17-20-43(32,42)10/h11-14,26,29,31-32,34H,15-25H2,1-10H3,(H,48,49)/t29-,31+,32-,34+,41+,42-,43-,44+/m1/s1. The van der Waals surface area contributed by atoms with Gasteiger partial charge in [0.05, 0.1) is 17.3 Å². The number of carboxylic acid groups (broad SMARTS) is 1. The number of carboxylic acids is 1. The van der Waals surface area contributed by atoms with E-state index in [1.54, 1.807) is 13.8 Å². The summed E-state index contributed by atoms with van der Waals surface area (Å²) >= 11 is 0. The fourth-order valence-corrected chi connectivity index (χ4v) is 12.9. The number of hydrogen-bond donors (Lipinski definition) is 1. The second-order valence-corrected chi connectivity index (χ2v) is 19.5. The van der Waals surface area contributed by atoms with Crippen LogP contribution in [0.2, 0.25) is 0 Å². The first-order valence-corrected chi connectivity index (χ1v) is 19.4. The van der Waals surface area contributed by atoms with Crippen LogP contribution in [0.5, 0.6) is 0 Å². The molecule has 0 unspecified atom stereocenters. The third kappa shape index (κ3) is 5.30. The molecule has 50 heavy (non-hydrogen) atoms. The van der Waals surface area contributed by atoms with Gasteiger partial charge in [-0.25, -0.2) is 0 Å². The van der Waals surface area contributed by atoms with Crippen molar-refractivity contribution in [2.75, 3.05) is 0 Å². The monoisotopic (exact) mass is 686 g/mol. The molecule has 0 spiro atoms. The number of fused-ring (bicyclic) bond motifs is 7. The van der Waals surface area contributed by atoms with Crippen molar-refractivity contribution in [2.24, 2.45) is 56.2 Å². The smallest absolute Gasteiger partial charge is 0.309 e. The number of rotatable bonds is 8. The van der Waals surface area contributed by atoms with Gasteiger partial charge < -0.3 is 9.84 Å². The molecule has 6 heteroatoms. The second kappa shape index (κ2) is 12.2. The molecule has 0 aliphatic heterocycles. The van der Waals surface area contributed by atoms with Gasteiger partial charge in [-0.2, -0.15) is 0 Å². The molecule has 0 amide bonds. The Morgan fingerprint density at radius 1 is 0.900 bits per heavy atom. The van der Waals surface area contributed by atoms with E-state index in [0.717, 1.165) is 68.1 Å². The molecule has 0 heterocycles. The summed E-state index contributed by atoms with van der Waals surface area (Å²) in [7, 11) is 0. The molecule has 274 valence electrons. The van der Waals surface area contributed by atoms with Crippen LogP contribution in [0.15, 0.2) is 35.4 Å². The first-order chi connectivity index (χ1) is 23.2. The van der Waals surface area contributed by atoms with Gasteiger partial charge in [-0.05, 0) is 134 Å². The molecule has 0 radical (unpaired) electrons. The van der Waals surface area contributed by atoms with Crippen molar-refractivity contribution >= 4 is 23.5 Å². The zero-order valence-electron chi connectivity index (χ0n) is 32.5. The van der Waals surface area contributed by atoms with E-state index in [4.69, 9.17) is 4.74 Å². The predicted octanol–water partition coefficient (Wildman–Crippen LogP) is 9.50. The van der Waals surface area contributed by atoms with Crippen LogP contribution in [0.25, 0.3) is 0 Å². The summed E-state index contributed by atoms with van der Waals surface area (Å²) in [6.07, 6.45) is 7.98. The van der Waals surface area contributed by atoms with Gasteiger partial charge in [0.2, 0.25) is 0 Å². The number of ketones is 2. The van der Waals surface area contributed by atoms with Crippen molar-refractivity contribution in [1.82, 2.24) is 0 Å². The summed E-state index contributed by atoms with van der Waals surface area (Å²) in [5.41, 5.74) is 2.34. The number of carbonyl (C=O) groups is 4. The molecule has 0 bridgehead atoms. The Balaban J connectivity index is 1.31. The average molecular weight is 687 g/mol. The Morgan fingerprint density at radius 3 is 2.22 bits per heavy atom. The Morgan fingerprint density at radius 2 is 1.58 bits per heavy atom. The van der Waals surface area contributed by atoms with Crippen LogP contribution in [-0.4, -0.2) is 34.7 Å². The third-order valence-corrected chi connectivity index (χ3v) is 16.0. The highest BCUT2D eigenvalue weighted by Gasteiger charge is 2.71. The molecule has 5 aliphatic carbocycles. The summed E-state index contributed by atoms with van der Waals surface area (Å²) in [6.45, 7) is 21.6. The van der Waals surface area contributed by atoms with Crippen LogP contribution < -0.4 is 0 Å². The SMILES string of the molecule is Cc1ccccc1CC(=O)[C@@]12CC[C@]3(C)[C@H](CC[C@@H]4[C@@]5(C)CC[C@H](OC(=O)CC(C)(C)C(=O)O)C(C)(C)[C@@H]5CC[C@]43C)C1=C(C(C)C)C(=O)C2. The van der Waals surface area contributed by atoms with Gasteiger partial charge in [0.25, 0.3) is 0 Å². The van der Waals surface area contributed by atoms with E-state index in [0.29, 0.717) is 24.7 Å². The van der Waals surface area contributed by atoms with Crippen LogP contribution in [-0.2, 0) is 30.3 Å². The van der Waals surface area contributed by atoms with Crippen LogP contribution >= 0.6 is 0 Å². The predicted molar refractivity (Wildman–Crippen MR) is 195 cm³/mol. The quantitative estimate of drug-likeness (QED) is 0.274. The van der Waals surface area contributed by atoms with Gasteiger partial charge in [0, 0.05) is 18.3 Å². The summed E-state index contributed by atoms with van der Waals surface area (Å²) in [5.74, 6) is 0.164. The normalized spacial score (nSPS) is 37.8. The van der Waals surface area contributed by atoms with Crippen LogP contribution in [0.4, 0.5) is 0 Å². The van der Waals surface area contributed by atoms with Crippen molar-refractivity contribution in [3.63, 3.8) is 0 Å². The molecular weight excluding hydrogens is 624 g/mol. The molecule has 8 atom stereocenters. The Kier molecular flexibility index (Phi) is 9.00. The van der Waals surface area contributed by atoms with E-state index >= 15 is 0 Å². The zero-order valence-corrected chi connectivity index (χ0v) is 32.5. The number of allylic oxidation sites excluding steroid dienone is 2. The maximum absolute atomic E-state index is 14.7. The molecule has 1 aromatic rings. The largest absolute Gasteiger partial charge is 0.481 e. The van der Waals surface area contributed by atoms with Crippen molar-refractivity contribution < 1.29 is 29.0 Å². The minimum absolute atomic E-state index is 0.0354. The summed E-state index contributed by atoms with van der Waals surface area (Å²) in [6, 6.07) is 8.18. The van der Waals surface area contributed by atoms with Crippen molar-refractivity contribution in [1.29, 1.82) is 0 Å². The average Bonchev–Trinajstić information content (AvgIpc) is 3.33. The molecule has 0 saturated heterocycles. The van der Waals surface area contributed by atoms with Crippen molar-refractivity contribution in [3.8, 4) is 0 Å². The van der Waals surface area contributed by atoms with Crippen LogP contribution in [0.3, 0.4) is 0 Å². The van der Waals surface area contributed by atoms with Crippen molar-refractivity contribution in [3.05, 3.63) is 46.5 Å². The molecule has 4 saturated carbocycles. The maximum Gasteiger partial charge on any atom is 0.309 e. The van der Waals surface area contributed by atoms with Crippen LogP contribution in [0.1, 0.15) is 138 Å². The molecule has 4 fully saturated rings. The Bertz CT molecular complexity index is 1630. The van der Waals surface area contributed by atoms with E-state index in [-0.39, 0.29) is 57.6 Å². The molecule has 1 aromatic carbocycles. The van der Waals surface area contributed by atoms with E-state index in [1.165, 1.54) is 5.57 Å². The molecule has 6 nitrogen and oxygen atoms in total. The third-order valence-electron chi connectivity index (χ3n) is 16.0. The van der Waals surface area contributed by atoms with Crippen molar-refractivity contribution in [2.45, 2.75) is 146 Å². The highest BCUT2D eigenvalue weighted by atomic mass is 16.5. The highest BCUT2D eigenvalue weighted by molar-refractivity contribution is 6.07. The van der Waals surface area contributed by atoms with E-state index in [1.807, 2.05) is 12.1 Å². The lowest BCUT2D eigenvalue weighted by molar-refractivity contribution is -0.233. The minimum Gasteiger partial charge on any atom is -0.481 e. The van der Waals surface area contributed by atoms with E-state index in [9.17, 15) is 24.3 Å². The van der Waals surface area contributed by atoms with Gasteiger partial charge in [0.15, 0.2) is 5.78 Å². The highest BCUT2D eigenvalue weighted by Crippen LogP contribution is 2.77. The molecular formula is C44H62O6. The van der Waals surface area contributed by atoms with Gasteiger partial charge in [-0.15, -0.1) is 0 Å². The summed E-state index contributed by atoms with van der Waals surface area (Å²) in [4.78, 5) is 53.5. The number of ether oxygens (including phenoxy) is 1. The first-order valence-electron chi connectivity index (χ1n) is 19.4. The lowest BCUT2D eigenvalue weighted by atomic mass is 9.33. The molecule has 6 rings (SSSR count). The Hall–Kier alpha value is -2.76. The summed E-state index contributed by atoms with van der Waals surface area (Å²) in [5, 5.41) is 9.60. The maximum atomic E-state index is 14.7. The van der Waals surface area contributed by atoms with E-state index < -0.39 is 22.8 Å².